The predicted molar refractivity (Wildman–Crippen MR) is 76.7 cm³/mol. The number of carbonyl (C=O) groups excluding carboxylic acids is 1. The third-order valence-corrected chi connectivity index (χ3v) is 3.56. The maximum Gasteiger partial charge on any atom is 0.321 e. The highest BCUT2D eigenvalue weighted by Crippen LogP contribution is 2.21. The number of carboxylic acid groups (broad SMARTS) is 1. The summed E-state index contributed by atoms with van der Waals surface area (Å²) < 4.78 is 0. The third-order valence-electron chi connectivity index (χ3n) is 3.56. The minimum absolute atomic E-state index is 0.00629. The van der Waals surface area contributed by atoms with Gasteiger partial charge in [0.05, 0.1) is 11.3 Å². The van der Waals surface area contributed by atoms with Crippen molar-refractivity contribution >= 4 is 17.7 Å². The summed E-state index contributed by atoms with van der Waals surface area (Å²) in [5.41, 5.74) is 0.885. The summed E-state index contributed by atoms with van der Waals surface area (Å²) >= 11 is 0. The topological polar surface area (TPSA) is 93.4 Å². The Hall–Kier alpha value is -2.55. The summed E-state index contributed by atoms with van der Waals surface area (Å²) in [6.45, 7) is 1.05. The summed E-state index contributed by atoms with van der Waals surface area (Å²) in [7, 11) is 0. The predicted octanol–water partition coefficient (Wildman–Crippen LogP) is 2.28. The van der Waals surface area contributed by atoms with Crippen LogP contribution in [0.15, 0.2) is 24.3 Å². The van der Waals surface area contributed by atoms with Crippen LogP contribution >= 0.6 is 0 Å². The first kappa shape index (κ1) is 14.9. The number of amides is 2. The molecule has 1 saturated heterocycles. The molecule has 0 saturated carbocycles. The first-order valence-corrected chi connectivity index (χ1v) is 6.87. The van der Waals surface area contributed by atoms with Crippen LogP contribution in [0.25, 0.3) is 0 Å². The van der Waals surface area contributed by atoms with Crippen molar-refractivity contribution in [3.8, 4) is 6.07 Å². The molecule has 0 radical (unpaired) electrons. The largest absolute Gasteiger partial charge is 0.481 e. The normalized spacial score (nSPS) is 17.9. The average Bonchev–Trinajstić information content (AvgIpc) is 2.47. The number of benzene rings is 1. The van der Waals surface area contributed by atoms with Crippen LogP contribution < -0.4 is 5.32 Å². The second kappa shape index (κ2) is 6.75. The quantitative estimate of drug-likeness (QED) is 0.891. The van der Waals surface area contributed by atoms with Gasteiger partial charge in [0.1, 0.15) is 6.07 Å². The zero-order valence-electron chi connectivity index (χ0n) is 11.6. The molecule has 0 spiro atoms. The van der Waals surface area contributed by atoms with Gasteiger partial charge in [-0.3, -0.25) is 4.79 Å². The second-order valence-corrected chi connectivity index (χ2v) is 5.14. The lowest BCUT2D eigenvalue weighted by Gasteiger charge is -2.32. The average molecular weight is 287 g/mol. The Labute approximate surface area is 123 Å². The molecule has 2 amide bonds. The van der Waals surface area contributed by atoms with Crippen molar-refractivity contribution in [2.24, 2.45) is 5.92 Å². The van der Waals surface area contributed by atoms with Gasteiger partial charge in [0.2, 0.25) is 0 Å². The Morgan fingerprint density at radius 1 is 1.43 bits per heavy atom. The lowest BCUT2D eigenvalue weighted by Crippen LogP contribution is -2.42. The van der Waals surface area contributed by atoms with Crippen LogP contribution in [0.5, 0.6) is 0 Å². The van der Waals surface area contributed by atoms with E-state index >= 15 is 0 Å². The summed E-state index contributed by atoms with van der Waals surface area (Å²) in [4.78, 5) is 24.6. The van der Waals surface area contributed by atoms with E-state index in [1.165, 1.54) is 0 Å². The molecule has 1 aliphatic rings. The van der Waals surface area contributed by atoms with E-state index in [9.17, 15) is 9.59 Å². The molecule has 1 aromatic rings. The number of hydrogen-bond donors (Lipinski definition) is 2. The Balaban J connectivity index is 2.00. The third kappa shape index (κ3) is 3.96. The molecule has 6 heteroatoms. The van der Waals surface area contributed by atoms with E-state index in [1.807, 2.05) is 6.07 Å². The van der Waals surface area contributed by atoms with Gasteiger partial charge in [-0.2, -0.15) is 5.26 Å². The van der Waals surface area contributed by atoms with Gasteiger partial charge in [-0.1, -0.05) is 12.1 Å². The zero-order chi connectivity index (χ0) is 15.2. The number of hydrogen-bond acceptors (Lipinski definition) is 3. The number of carbonyl (C=O) groups is 2. The zero-order valence-corrected chi connectivity index (χ0v) is 11.6. The van der Waals surface area contributed by atoms with Gasteiger partial charge in [0.15, 0.2) is 0 Å². The lowest BCUT2D eigenvalue weighted by atomic mass is 9.95. The summed E-state index contributed by atoms with van der Waals surface area (Å²) in [5, 5.41) is 20.6. The number of carboxylic acids is 1. The molecule has 110 valence electrons. The Morgan fingerprint density at radius 3 is 2.90 bits per heavy atom. The molecule has 1 unspecified atom stereocenters. The van der Waals surface area contributed by atoms with Crippen LogP contribution in [-0.2, 0) is 4.79 Å². The van der Waals surface area contributed by atoms with Gasteiger partial charge in [0, 0.05) is 19.5 Å². The van der Waals surface area contributed by atoms with Crippen molar-refractivity contribution in [2.45, 2.75) is 19.3 Å². The fourth-order valence-corrected chi connectivity index (χ4v) is 2.55. The summed E-state index contributed by atoms with van der Waals surface area (Å²) in [6, 6.07) is 8.54. The molecule has 0 bridgehead atoms. The van der Waals surface area contributed by atoms with Gasteiger partial charge in [-0.05, 0) is 30.9 Å². The fourth-order valence-electron chi connectivity index (χ4n) is 2.55. The van der Waals surface area contributed by atoms with Crippen molar-refractivity contribution in [3.05, 3.63) is 29.8 Å². The number of piperidine rings is 1. The monoisotopic (exact) mass is 287 g/mol. The molecule has 1 fully saturated rings. The van der Waals surface area contributed by atoms with Crippen molar-refractivity contribution < 1.29 is 14.7 Å². The van der Waals surface area contributed by atoms with Crippen LogP contribution in [0.3, 0.4) is 0 Å². The van der Waals surface area contributed by atoms with E-state index in [0.717, 1.165) is 12.8 Å². The second-order valence-electron chi connectivity index (χ2n) is 5.14. The van der Waals surface area contributed by atoms with Crippen LogP contribution in [-0.4, -0.2) is 35.1 Å². The lowest BCUT2D eigenvalue weighted by molar-refractivity contribution is -0.138. The molecule has 2 N–H and O–H groups in total. The van der Waals surface area contributed by atoms with Crippen molar-refractivity contribution in [2.75, 3.05) is 18.4 Å². The Morgan fingerprint density at radius 2 is 2.19 bits per heavy atom. The Bertz CT molecular complexity index is 580. The molecule has 21 heavy (non-hydrogen) atoms. The highest BCUT2D eigenvalue weighted by Gasteiger charge is 2.25. The minimum atomic E-state index is -0.836. The molecule has 0 aliphatic carbocycles. The van der Waals surface area contributed by atoms with E-state index in [2.05, 4.69) is 5.32 Å². The number of rotatable bonds is 3. The van der Waals surface area contributed by atoms with Crippen LogP contribution in [0.1, 0.15) is 24.8 Å². The SMILES string of the molecule is N#Cc1ccccc1NC(=O)N1CCCC(CC(=O)O)C1. The number of anilines is 1. The number of aliphatic carboxylic acids is 1. The minimum Gasteiger partial charge on any atom is -0.481 e. The van der Waals surface area contributed by atoms with Crippen molar-refractivity contribution in [1.29, 1.82) is 5.26 Å². The van der Waals surface area contributed by atoms with E-state index in [-0.39, 0.29) is 18.4 Å². The van der Waals surface area contributed by atoms with Crippen LogP contribution in [0, 0.1) is 17.2 Å². The maximum absolute atomic E-state index is 12.2. The maximum atomic E-state index is 12.2. The van der Waals surface area contributed by atoms with Crippen LogP contribution in [0.2, 0.25) is 0 Å². The molecule has 1 aromatic carbocycles. The molecular weight excluding hydrogens is 270 g/mol. The van der Waals surface area contributed by atoms with Gasteiger partial charge >= 0.3 is 12.0 Å². The summed E-state index contributed by atoms with van der Waals surface area (Å²) in [5.74, 6) is -0.842. The van der Waals surface area contributed by atoms with Crippen molar-refractivity contribution in [1.82, 2.24) is 4.90 Å². The number of nitrogens with one attached hydrogen (secondary N) is 1. The molecule has 1 atom stereocenters. The van der Waals surface area contributed by atoms with Crippen molar-refractivity contribution in [3.63, 3.8) is 0 Å². The molecule has 0 aromatic heterocycles. The van der Waals surface area contributed by atoms with Gasteiger partial charge < -0.3 is 15.3 Å². The molecule has 6 nitrogen and oxygen atoms in total. The van der Waals surface area contributed by atoms with Gasteiger partial charge in [-0.15, -0.1) is 0 Å². The first-order valence-electron chi connectivity index (χ1n) is 6.87. The molecule has 1 aliphatic heterocycles. The molecule has 2 rings (SSSR count). The Kier molecular flexibility index (Phi) is 4.77. The molecular formula is C15H17N3O3. The first-order chi connectivity index (χ1) is 10.1. The number of urea groups is 1. The number of likely N-dealkylation sites (tertiary alicyclic amines) is 1. The van der Waals surface area contributed by atoms with E-state index in [4.69, 9.17) is 10.4 Å². The number of nitriles is 1. The fraction of sp³-hybridized carbons (Fsp3) is 0.400. The standard InChI is InChI=1S/C15H17N3O3/c16-9-12-5-1-2-6-13(12)17-15(21)18-7-3-4-11(10-18)8-14(19)20/h1-2,5-6,11H,3-4,7-8,10H2,(H,17,21)(H,19,20). The van der Waals surface area contributed by atoms with Gasteiger partial charge in [0.25, 0.3) is 0 Å². The van der Waals surface area contributed by atoms with E-state index < -0.39 is 5.97 Å². The smallest absolute Gasteiger partial charge is 0.321 e. The van der Waals surface area contributed by atoms with Gasteiger partial charge in [-0.25, -0.2) is 4.79 Å². The number of para-hydroxylation sites is 1. The molecule has 1 heterocycles. The number of nitrogens with zero attached hydrogens (tertiary/aromatic N) is 2. The van der Waals surface area contributed by atoms with E-state index in [1.54, 1.807) is 29.2 Å². The van der Waals surface area contributed by atoms with E-state index in [0.29, 0.717) is 24.3 Å². The summed E-state index contributed by atoms with van der Waals surface area (Å²) in [6.07, 6.45) is 1.70. The highest BCUT2D eigenvalue weighted by molar-refractivity contribution is 5.90. The van der Waals surface area contributed by atoms with Crippen LogP contribution in [0.4, 0.5) is 10.5 Å². The highest BCUT2D eigenvalue weighted by atomic mass is 16.4.